The Bertz CT molecular complexity index is 873. The van der Waals surface area contributed by atoms with E-state index in [4.69, 9.17) is 14.2 Å². The van der Waals surface area contributed by atoms with Crippen molar-refractivity contribution in [3.8, 4) is 5.75 Å². The van der Waals surface area contributed by atoms with Crippen LogP contribution in [0.25, 0.3) is 0 Å². The minimum Gasteiger partial charge on any atom is -0.496 e. The van der Waals surface area contributed by atoms with Gasteiger partial charge in [0.1, 0.15) is 17.8 Å². The topological polar surface area (TPSA) is 123 Å². The fourth-order valence-corrected chi connectivity index (χ4v) is 3.92. The molecule has 0 unspecified atom stereocenters. The maximum absolute atomic E-state index is 12.7. The Morgan fingerprint density at radius 1 is 1.26 bits per heavy atom. The lowest BCUT2D eigenvalue weighted by Crippen LogP contribution is -2.52. The van der Waals surface area contributed by atoms with E-state index in [1.807, 2.05) is 0 Å². The maximum atomic E-state index is 12.7. The number of methoxy groups -OCH3 is 2. The normalized spacial score (nSPS) is 22.7. The lowest BCUT2D eigenvalue weighted by atomic mass is 10.1. The summed E-state index contributed by atoms with van der Waals surface area (Å²) in [5.74, 6) is -0.986. The van der Waals surface area contributed by atoms with E-state index in [1.54, 1.807) is 25.1 Å². The quantitative estimate of drug-likeness (QED) is 0.586. The molecule has 2 N–H and O–H groups in total. The van der Waals surface area contributed by atoms with E-state index < -0.39 is 30.3 Å². The highest BCUT2D eigenvalue weighted by molar-refractivity contribution is 5.98. The molecule has 10 heteroatoms. The van der Waals surface area contributed by atoms with Crippen molar-refractivity contribution in [2.75, 3.05) is 27.3 Å². The molecule has 1 aromatic rings. The van der Waals surface area contributed by atoms with Crippen LogP contribution in [-0.2, 0) is 23.9 Å². The van der Waals surface area contributed by atoms with E-state index in [-0.39, 0.29) is 24.8 Å². The van der Waals surface area contributed by atoms with Crippen molar-refractivity contribution in [2.45, 2.75) is 44.6 Å². The SMILES string of the molecule is COc1cccc(C(=O)NCC(=O)N2CCC[C@H]2C(=O)N[C@H]2CC(=O)O[C@H]2OC)c1C. The molecule has 0 bridgehead atoms. The van der Waals surface area contributed by atoms with Crippen LogP contribution < -0.4 is 15.4 Å². The van der Waals surface area contributed by atoms with Gasteiger partial charge in [0.25, 0.3) is 5.91 Å². The number of likely N-dealkylation sites (tertiary alicyclic amines) is 1. The van der Waals surface area contributed by atoms with Crippen molar-refractivity contribution in [3.05, 3.63) is 29.3 Å². The molecule has 31 heavy (non-hydrogen) atoms. The van der Waals surface area contributed by atoms with Crippen molar-refractivity contribution < 1.29 is 33.4 Å². The summed E-state index contributed by atoms with van der Waals surface area (Å²) < 4.78 is 15.3. The first-order valence-corrected chi connectivity index (χ1v) is 10.1. The van der Waals surface area contributed by atoms with Crippen LogP contribution in [0.5, 0.6) is 5.75 Å². The highest BCUT2D eigenvalue weighted by Crippen LogP contribution is 2.22. The van der Waals surface area contributed by atoms with E-state index in [0.717, 1.165) is 0 Å². The van der Waals surface area contributed by atoms with Crippen molar-refractivity contribution >= 4 is 23.7 Å². The molecular weight excluding hydrogens is 406 g/mol. The van der Waals surface area contributed by atoms with E-state index in [0.29, 0.717) is 36.3 Å². The smallest absolute Gasteiger partial charge is 0.310 e. The lowest BCUT2D eigenvalue weighted by molar-refractivity contribution is -0.160. The fourth-order valence-electron chi connectivity index (χ4n) is 3.92. The summed E-state index contributed by atoms with van der Waals surface area (Å²) in [5.41, 5.74) is 1.09. The third-order valence-corrected chi connectivity index (χ3v) is 5.55. The van der Waals surface area contributed by atoms with Crippen LogP contribution in [0.3, 0.4) is 0 Å². The minimum atomic E-state index is -0.840. The second-order valence-corrected chi connectivity index (χ2v) is 7.47. The number of carbonyl (C=O) groups is 4. The number of esters is 1. The van der Waals surface area contributed by atoms with Crippen LogP contribution >= 0.6 is 0 Å². The summed E-state index contributed by atoms with van der Waals surface area (Å²) in [6, 6.07) is 3.84. The molecule has 3 atom stereocenters. The number of ether oxygens (including phenoxy) is 3. The first-order chi connectivity index (χ1) is 14.8. The largest absolute Gasteiger partial charge is 0.496 e. The Morgan fingerprint density at radius 3 is 2.74 bits per heavy atom. The Kier molecular flexibility index (Phi) is 7.11. The summed E-state index contributed by atoms with van der Waals surface area (Å²) in [4.78, 5) is 50.9. The van der Waals surface area contributed by atoms with Crippen LogP contribution in [-0.4, -0.2) is 74.3 Å². The lowest BCUT2D eigenvalue weighted by Gasteiger charge is -2.26. The molecule has 2 aliphatic rings. The number of benzene rings is 1. The summed E-state index contributed by atoms with van der Waals surface area (Å²) in [7, 11) is 2.91. The third-order valence-electron chi connectivity index (χ3n) is 5.55. The van der Waals surface area contributed by atoms with E-state index in [9.17, 15) is 19.2 Å². The standard InChI is InChI=1S/C21H27N3O7/c1-12-13(6-4-8-16(12)29-2)19(27)22-11-17(25)24-9-5-7-15(24)20(28)23-14-10-18(26)31-21(14)30-3/h4,6,8,14-15,21H,5,7,9-11H2,1-3H3,(H,22,27)(H,23,28)/t14-,15-,21+/m0/s1. The Balaban J connectivity index is 1.58. The molecule has 2 fully saturated rings. The summed E-state index contributed by atoms with van der Waals surface area (Å²) in [6.07, 6.45) is 0.341. The van der Waals surface area contributed by atoms with Gasteiger partial charge in [-0.15, -0.1) is 0 Å². The van der Waals surface area contributed by atoms with Crippen molar-refractivity contribution in [3.63, 3.8) is 0 Å². The van der Waals surface area contributed by atoms with Gasteiger partial charge in [-0.05, 0) is 31.9 Å². The molecule has 3 amide bonds. The number of nitrogens with one attached hydrogen (secondary N) is 2. The molecule has 2 heterocycles. The molecule has 2 aliphatic heterocycles. The van der Waals surface area contributed by atoms with Gasteiger partial charge >= 0.3 is 5.97 Å². The second kappa shape index (κ2) is 9.78. The molecular formula is C21H27N3O7. The Hall–Kier alpha value is -3.14. The Labute approximate surface area is 180 Å². The summed E-state index contributed by atoms with van der Waals surface area (Å²) in [5, 5.41) is 5.36. The van der Waals surface area contributed by atoms with E-state index in [2.05, 4.69) is 10.6 Å². The minimum absolute atomic E-state index is 0.0147. The zero-order valence-corrected chi connectivity index (χ0v) is 17.8. The average Bonchev–Trinajstić information content (AvgIpc) is 3.38. The molecule has 0 radical (unpaired) electrons. The summed E-state index contributed by atoms with van der Waals surface area (Å²) in [6.45, 7) is 1.95. The first kappa shape index (κ1) is 22.5. The molecule has 0 aliphatic carbocycles. The zero-order chi connectivity index (χ0) is 22.5. The van der Waals surface area contributed by atoms with Gasteiger partial charge in [-0.25, -0.2) is 0 Å². The molecule has 0 aromatic heterocycles. The van der Waals surface area contributed by atoms with Crippen LogP contribution in [0, 0.1) is 6.92 Å². The number of cyclic esters (lactones) is 1. The average molecular weight is 433 g/mol. The monoisotopic (exact) mass is 433 g/mol. The molecule has 2 saturated heterocycles. The number of rotatable bonds is 7. The van der Waals surface area contributed by atoms with Crippen molar-refractivity contribution in [2.24, 2.45) is 0 Å². The molecule has 0 saturated carbocycles. The predicted molar refractivity (Wildman–Crippen MR) is 108 cm³/mol. The highest BCUT2D eigenvalue weighted by atomic mass is 16.7. The molecule has 1 aromatic carbocycles. The van der Waals surface area contributed by atoms with Gasteiger partial charge < -0.3 is 29.7 Å². The van der Waals surface area contributed by atoms with Gasteiger partial charge in [-0.3, -0.25) is 19.2 Å². The van der Waals surface area contributed by atoms with Gasteiger partial charge in [-0.1, -0.05) is 6.07 Å². The van der Waals surface area contributed by atoms with Gasteiger partial charge in [0.05, 0.1) is 20.1 Å². The number of amides is 3. The van der Waals surface area contributed by atoms with Crippen molar-refractivity contribution in [1.82, 2.24) is 15.5 Å². The van der Waals surface area contributed by atoms with Gasteiger partial charge in [0, 0.05) is 24.8 Å². The number of carbonyl (C=O) groups excluding carboxylic acids is 4. The van der Waals surface area contributed by atoms with E-state index >= 15 is 0 Å². The predicted octanol–water partition coefficient (Wildman–Crippen LogP) is 0.129. The fraction of sp³-hybridized carbons (Fsp3) is 0.524. The van der Waals surface area contributed by atoms with E-state index in [1.165, 1.54) is 19.1 Å². The summed E-state index contributed by atoms with van der Waals surface area (Å²) >= 11 is 0. The van der Waals surface area contributed by atoms with Crippen LogP contribution in [0.15, 0.2) is 18.2 Å². The third kappa shape index (κ3) is 4.96. The molecule has 168 valence electrons. The van der Waals surface area contributed by atoms with Crippen LogP contribution in [0.2, 0.25) is 0 Å². The van der Waals surface area contributed by atoms with Gasteiger partial charge in [-0.2, -0.15) is 0 Å². The molecule has 0 spiro atoms. The van der Waals surface area contributed by atoms with Gasteiger partial charge in [0.2, 0.25) is 18.1 Å². The number of hydrogen-bond acceptors (Lipinski definition) is 7. The molecule has 10 nitrogen and oxygen atoms in total. The number of nitrogens with zero attached hydrogens (tertiary/aromatic N) is 1. The Morgan fingerprint density at radius 2 is 2.03 bits per heavy atom. The highest BCUT2D eigenvalue weighted by Gasteiger charge is 2.40. The molecule has 3 rings (SSSR count). The second-order valence-electron chi connectivity index (χ2n) is 7.47. The van der Waals surface area contributed by atoms with Crippen LogP contribution in [0.4, 0.5) is 0 Å². The zero-order valence-electron chi connectivity index (χ0n) is 17.8. The van der Waals surface area contributed by atoms with Crippen LogP contribution in [0.1, 0.15) is 35.2 Å². The van der Waals surface area contributed by atoms with Crippen molar-refractivity contribution in [1.29, 1.82) is 0 Å². The van der Waals surface area contributed by atoms with Gasteiger partial charge in [0.15, 0.2) is 0 Å². The maximum Gasteiger partial charge on any atom is 0.310 e. The number of hydrogen-bond donors (Lipinski definition) is 2. The first-order valence-electron chi connectivity index (χ1n) is 10.1.